The number of fused-ring (bicyclic) bond motifs is 4. The highest BCUT2D eigenvalue weighted by molar-refractivity contribution is 7.89. The number of Topliss-reactive ketones (excluding diaryl/α,β-unsaturated/α-hetero) is 1. The number of piperidine rings is 1. The van der Waals surface area contributed by atoms with Crippen molar-refractivity contribution in [2.24, 2.45) is 13.0 Å². The number of halogens is 7. The third-order valence-electron chi connectivity index (χ3n) is 11.0. The van der Waals surface area contributed by atoms with Crippen molar-refractivity contribution in [1.29, 1.82) is 0 Å². The van der Waals surface area contributed by atoms with E-state index in [0.29, 0.717) is 44.2 Å². The first-order valence-electron chi connectivity index (χ1n) is 18.8. The lowest BCUT2D eigenvalue weighted by Crippen LogP contribution is -2.32. The van der Waals surface area contributed by atoms with Crippen LogP contribution in [0, 0.1) is 29.4 Å². The molecule has 3 aliphatic rings. The Balaban J connectivity index is 1.25. The molecule has 0 radical (unpaired) electrons. The van der Waals surface area contributed by atoms with Gasteiger partial charge in [0.15, 0.2) is 21.3 Å². The SMILES string of the molecule is Cn1nc(CS(C)(=O)=O)c2cccc(-c3ccc(C#CC4CCCCN4)nc3[C@@H](CC(=O)Cn3nc(C(F)(F)F)c4c3C(F)(F)[C@@H]3C[C@H]43)Cc3cc(F)cc(F)c3)c21. The molecular formula is C41H37F7N6O3S. The molecule has 1 N–H and O–H groups in total. The lowest BCUT2D eigenvalue weighted by Gasteiger charge is -2.22. The number of rotatable bonds is 10. The summed E-state index contributed by atoms with van der Waals surface area (Å²) >= 11 is 0. The predicted molar refractivity (Wildman–Crippen MR) is 199 cm³/mol. The van der Waals surface area contributed by atoms with Crippen LogP contribution in [0.1, 0.15) is 83.5 Å². The van der Waals surface area contributed by atoms with Crippen LogP contribution in [0.15, 0.2) is 48.5 Å². The fourth-order valence-corrected chi connectivity index (χ4v) is 9.29. The number of carbonyl (C=O) groups excluding carboxylic acids is 1. The molecule has 0 spiro atoms. The second-order valence-electron chi connectivity index (χ2n) is 15.5. The van der Waals surface area contributed by atoms with Gasteiger partial charge in [0, 0.05) is 59.7 Å². The first-order chi connectivity index (χ1) is 27.4. The van der Waals surface area contributed by atoms with Crippen LogP contribution in [-0.4, -0.2) is 57.6 Å². The third-order valence-corrected chi connectivity index (χ3v) is 11.8. The Kier molecular flexibility index (Phi) is 10.0. The maximum atomic E-state index is 15.4. The summed E-state index contributed by atoms with van der Waals surface area (Å²) in [7, 11) is -1.86. The van der Waals surface area contributed by atoms with Gasteiger partial charge < -0.3 is 5.32 Å². The summed E-state index contributed by atoms with van der Waals surface area (Å²) in [5.74, 6) is -3.59. The first kappa shape index (κ1) is 39.7. The number of nitrogens with zero attached hydrogens (tertiary/aromatic N) is 5. The fraction of sp³-hybridized carbons (Fsp3) is 0.415. The van der Waals surface area contributed by atoms with E-state index in [2.05, 4.69) is 27.4 Å². The number of ketones is 1. The van der Waals surface area contributed by atoms with Gasteiger partial charge in [-0.25, -0.2) is 22.2 Å². The zero-order valence-electron chi connectivity index (χ0n) is 31.3. The van der Waals surface area contributed by atoms with Gasteiger partial charge in [0.25, 0.3) is 5.92 Å². The van der Waals surface area contributed by atoms with Gasteiger partial charge in [-0.2, -0.15) is 32.1 Å². The van der Waals surface area contributed by atoms with E-state index in [9.17, 15) is 35.2 Å². The molecule has 58 heavy (non-hydrogen) atoms. The smallest absolute Gasteiger partial charge is 0.304 e. The van der Waals surface area contributed by atoms with Crippen LogP contribution in [0.5, 0.6) is 0 Å². The minimum atomic E-state index is -5.03. The molecule has 1 saturated heterocycles. The maximum absolute atomic E-state index is 15.4. The number of alkyl halides is 5. The van der Waals surface area contributed by atoms with E-state index in [4.69, 9.17) is 4.98 Å². The molecule has 2 fully saturated rings. The van der Waals surface area contributed by atoms with Crippen molar-refractivity contribution in [3.8, 4) is 23.0 Å². The highest BCUT2D eigenvalue weighted by Crippen LogP contribution is 2.68. The van der Waals surface area contributed by atoms with Crippen LogP contribution in [-0.2, 0) is 52.5 Å². The lowest BCUT2D eigenvalue weighted by atomic mass is 9.86. The van der Waals surface area contributed by atoms with E-state index < -0.39 is 87.0 Å². The van der Waals surface area contributed by atoms with Gasteiger partial charge in [-0.1, -0.05) is 24.1 Å². The van der Waals surface area contributed by atoms with E-state index in [1.165, 1.54) is 4.68 Å². The monoisotopic (exact) mass is 826 g/mol. The largest absolute Gasteiger partial charge is 0.435 e. The van der Waals surface area contributed by atoms with Gasteiger partial charge in [0.05, 0.1) is 28.7 Å². The molecule has 4 atom stereocenters. The summed E-state index contributed by atoms with van der Waals surface area (Å²) in [5, 5.41) is 11.9. The molecular weight excluding hydrogens is 790 g/mol. The number of para-hydroxylation sites is 1. The van der Waals surface area contributed by atoms with E-state index in [-0.39, 0.29) is 35.9 Å². The number of benzene rings is 2. The quantitative estimate of drug-likeness (QED) is 0.116. The molecule has 1 saturated carbocycles. The highest BCUT2D eigenvalue weighted by Gasteiger charge is 2.68. The standard InChI is InChI=1S/C41H37F7N6O3S/c1-53-37-30(7-5-8-31(37)34(51-53)21-58(2,56)57)29-12-11-27(10-9-26-6-3-4-13-49-26)50-36(29)23(14-22-15-24(42)18-25(43)16-22)17-28(55)20-54-39-35(38(52-54)41(46,47)48)32-19-33(32)40(39,44)45/h5,7-8,11-12,15-16,18,23,26,32-33,49H,3-4,6,13-14,17,19-21H2,1-2H3/t23-,26?,32+,33-/m1/s1. The van der Waals surface area contributed by atoms with E-state index >= 15 is 8.78 Å². The van der Waals surface area contributed by atoms with E-state index in [0.717, 1.165) is 44.2 Å². The molecule has 3 aromatic heterocycles. The van der Waals surface area contributed by atoms with Crippen molar-refractivity contribution in [1.82, 2.24) is 29.9 Å². The van der Waals surface area contributed by atoms with E-state index in [1.807, 2.05) is 0 Å². The number of aromatic nitrogens is 5. The summed E-state index contributed by atoms with van der Waals surface area (Å²) in [6, 6.07) is 11.3. The van der Waals surface area contributed by atoms with Crippen LogP contribution in [0.2, 0.25) is 0 Å². The average Bonchev–Trinajstić information content (AvgIpc) is 3.69. The van der Waals surface area contributed by atoms with Crippen LogP contribution in [0.25, 0.3) is 22.0 Å². The number of pyridine rings is 1. The average molecular weight is 827 g/mol. The number of hydrogen-bond donors (Lipinski definition) is 1. The minimum absolute atomic E-state index is 0.107. The van der Waals surface area contributed by atoms with Crippen molar-refractivity contribution in [3.05, 3.63) is 99.8 Å². The van der Waals surface area contributed by atoms with Crippen molar-refractivity contribution < 1.29 is 43.9 Å². The summed E-state index contributed by atoms with van der Waals surface area (Å²) in [4.78, 5) is 19.0. The molecule has 1 aliphatic heterocycles. The second-order valence-corrected chi connectivity index (χ2v) is 17.6. The van der Waals surface area contributed by atoms with Crippen LogP contribution < -0.4 is 5.32 Å². The molecule has 5 aromatic rings. The Morgan fingerprint density at radius 3 is 2.50 bits per heavy atom. The summed E-state index contributed by atoms with van der Waals surface area (Å²) in [6.07, 6.45) is -1.96. The molecule has 2 aromatic carbocycles. The maximum Gasteiger partial charge on any atom is 0.435 e. The minimum Gasteiger partial charge on any atom is -0.304 e. The molecule has 1 unspecified atom stereocenters. The Bertz CT molecular complexity index is 2620. The molecule has 0 bridgehead atoms. The molecule has 8 rings (SSSR count). The molecule has 0 amide bonds. The number of aryl methyl sites for hydroxylation is 1. The first-order valence-corrected chi connectivity index (χ1v) is 20.8. The van der Waals surface area contributed by atoms with Gasteiger partial charge >= 0.3 is 6.18 Å². The zero-order valence-corrected chi connectivity index (χ0v) is 32.1. The van der Waals surface area contributed by atoms with Crippen molar-refractivity contribution in [2.75, 3.05) is 12.8 Å². The van der Waals surface area contributed by atoms with Crippen molar-refractivity contribution in [3.63, 3.8) is 0 Å². The van der Waals surface area contributed by atoms with E-state index in [1.54, 1.807) is 37.4 Å². The number of carbonyl (C=O) groups is 1. The Morgan fingerprint density at radius 1 is 1.05 bits per heavy atom. The normalized spacial score (nSPS) is 20.3. The number of nitrogens with one attached hydrogen (secondary N) is 1. The molecule has 4 heterocycles. The Labute approximate surface area is 328 Å². The summed E-state index contributed by atoms with van der Waals surface area (Å²) < 4.78 is 129. The van der Waals surface area contributed by atoms with Crippen LogP contribution in [0.3, 0.4) is 0 Å². The van der Waals surface area contributed by atoms with Gasteiger partial charge in [0.1, 0.15) is 29.6 Å². The van der Waals surface area contributed by atoms with Gasteiger partial charge in [-0.3, -0.25) is 14.2 Å². The van der Waals surface area contributed by atoms with Crippen LogP contribution >= 0.6 is 0 Å². The third kappa shape index (κ3) is 7.75. The van der Waals surface area contributed by atoms with Crippen molar-refractivity contribution in [2.45, 2.75) is 80.8 Å². The lowest BCUT2D eigenvalue weighted by molar-refractivity contribution is -0.142. The van der Waals surface area contributed by atoms with Crippen molar-refractivity contribution >= 4 is 26.5 Å². The fourth-order valence-electron chi connectivity index (χ4n) is 8.58. The van der Waals surface area contributed by atoms with Gasteiger partial charge in [-0.05, 0) is 80.3 Å². The van der Waals surface area contributed by atoms with Crippen LogP contribution in [0.4, 0.5) is 30.7 Å². The Hall–Kier alpha value is -5.08. The molecule has 304 valence electrons. The summed E-state index contributed by atoms with van der Waals surface area (Å²) in [6.45, 7) is -0.131. The Morgan fingerprint density at radius 2 is 1.81 bits per heavy atom. The summed E-state index contributed by atoms with van der Waals surface area (Å²) in [5.41, 5.74) is -0.520. The zero-order chi connectivity index (χ0) is 41.3. The molecule has 9 nitrogen and oxygen atoms in total. The topological polar surface area (TPSA) is 112 Å². The van der Waals surface area contributed by atoms with Gasteiger partial charge in [-0.15, -0.1) is 0 Å². The van der Waals surface area contributed by atoms with Gasteiger partial charge in [0.2, 0.25) is 0 Å². The molecule has 17 heteroatoms. The second kappa shape index (κ2) is 14.6. The molecule has 2 aliphatic carbocycles. The highest BCUT2D eigenvalue weighted by atomic mass is 32.2. The number of sulfone groups is 1. The predicted octanol–water partition coefficient (Wildman–Crippen LogP) is 7.36. The number of hydrogen-bond acceptors (Lipinski definition) is 7.